The Morgan fingerprint density at radius 1 is 1.32 bits per heavy atom. The normalized spacial score (nSPS) is 23.7. The molecule has 5 heteroatoms. The summed E-state index contributed by atoms with van der Waals surface area (Å²) in [6.45, 7) is 4.98. The van der Waals surface area contributed by atoms with Crippen molar-refractivity contribution in [2.24, 2.45) is 5.92 Å². The minimum Gasteiger partial charge on any atom is -0.365 e. The summed E-state index contributed by atoms with van der Waals surface area (Å²) in [5.41, 5.74) is 0. The molecular weight excluding hydrogens is 243 g/mol. The van der Waals surface area contributed by atoms with Crippen LogP contribution in [0.4, 0.5) is 16.2 Å². The Bertz CT molecular complexity index is 410. The van der Waals surface area contributed by atoms with E-state index in [0.29, 0.717) is 17.8 Å². The van der Waals surface area contributed by atoms with Crippen LogP contribution < -0.4 is 10.6 Å². The predicted molar refractivity (Wildman–Crippen MR) is 75.8 cm³/mol. The van der Waals surface area contributed by atoms with Crippen LogP contribution in [0.1, 0.15) is 46.0 Å². The highest BCUT2D eigenvalue weighted by molar-refractivity contribution is 5.41. The Hall–Kier alpha value is -1.39. The third-order valence-electron chi connectivity index (χ3n) is 3.68. The number of nitrogens with one attached hydrogen (secondary N) is 2. The maximum atomic E-state index is 13.7. The molecule has 0 saturated heterocycles. The Morgan fingerprint density at radius 3 is 2.95 bits per heavy atom. The summed E-state index contributed by atoms with van der Waals surface area (Å²) in [5.74, 6) is 1.21. The first kappa shape index (κ1) is 14.0. The average molecular weight is 266 g/mol. The Kier molecular flexibility index (Phi) is 4.93. The summed E-state index contributed by atoms with van der Waals surface area (Å²) >= 11 is 0. The van der Waals surface area contributed by atoms with Crippen molar-refractivity contribution in [1.29, 1.82) is 0 Å². The van der Waals surface area contributed by atoms with E-state index in [1.807, 2.05) is 6.92 Å². The smallest absolute Gasteiger partial charge is 0.224 e. The molecule has 0 radical (unpaired) electrons. The SMILES string of the molecule is CCNc1ncc(F)c(NC2CCCC(C)CC2)n1. The van der Waals surface area contributed by atoms with Gasteiger partial charge in [-0.2, -0.15) is 4.98 Å². The van der Waals surface area contributed by atoms with Gasteiger partial charge in [-0.15, -0.1) is 0 Å². The zero-order valence-electron chi connectivity index (χ0n) is 11.7. The maximum absolute atomic E-state index is 13.7. The van der Waals surface area contributed by atoms with Gasteiger partial charge in [-0.3, -0.25) is 0 Å². The highest BCUT2D eigenvalue weighted by atomic mass is 19.1. The molecule has 2 unspecified atom stereocenters. The Morgan fingerprint density at radius 2 is 2.16 bits per heavy atom. The predicted octanol–water partition coefficient (Wildman–Crippen LogP) is 3.43. The number of rotatable bonds is 4. The average Bonchev–Trinajstić information content (AvgIpc) is 2.59. The molecule has 1 saturated carbocycles. The quantitative estimate of drug-likeness (QED) is 0.820. The topological polar surface area (TPSA) is 49.8 Å². The van der Waals surface area contributed by atoms with Gasteiger partial charge >= 0.3 is 0 Å². The molecule has 0 amide bonds. The summed E-state index contributed by atoms with van der Waals surface area (Å²) in [6.07, 6.45) is 7.07. The largest absolute Gasteiger partial charge is 0.365 e. The summed E-state index contributed by atoms with van der Waals surface area (Å²) < 4.78 is 13.7. The summed E-state index contributed by atoms with van der Waals surface area (Å²) in [7, 11) is 0. The molecule has 1 aliphatic carbocycles. The molecule has 1 fully saturated rings. The molecule has 19 heavy (non-hydrogen) atoms. The van der Waals surface area contributed by atoms with E-state index in [9.17, 15) is 4.39 Å². The molecule has 0 aliphatic heterocycles. The second-order valence-electron chi connectivity index (χ2n) is 5.38. The lowest BCUT2D eigenvalue weighted by molar-refractivity contribution is 0.501. The van der Waals surface area contributed by atoms with E-state index in [2.05, 4.69) is 27.5 Å². The van der Waals surface area contributed by atoms with E-state index >= 15 is 0 Å². The zero-order valence-corrected chi connectivity index (χ0v) is 11.7. The van der Waals surface area contributed by atoms with Gasteiger partial charge in [0, 0.05) is 12.6 Å². The molecule has 1 aliphatic rings. The van der Waals surface area contributed by atoms with Gasteiger partial charge in [0.2, 0.25) is 5.95 Å². The Balaban J connectivity index is 2.02. The van der Waals surface area contributed by atoms with Crippen LogP contribution in [0.25, 0.3) is 0 Å². The number of halogens is 1. The fraction of sp³-hybridized carbons (Fsp3) is 0.714. The second-order valence-corrected chi connectivity index (χ2v) is 5.38. The van der Waals surface area contributed by atoms with Crippen molar-refractivity contribution in [1.82, 2.24) is 9.97 Å². The number of hydrogen-bond donors (Lipinski definition) is 2. The van der Waals surface area contributed by atoms with E-state index in [-0.39, 0.29) is 5.82 Å². The monoisotopic (exact) mass is 266 g/mol. The molecule has 0 aromatic carbocycles. The van der Waals surface area contributed by atoms with Gasteiger partial charge in [0.25, 0.3) is 0 Å². The summed E-state index contributed by atoms with van der Waals surface area (Å²) in [5, 5.41) is 6.25. The molecule has 0 bridgehead atoms. The first-order valence-electron chi connectivity index (χ1n) is 7.22. The van der Waals surface area contributed by atoms with E-state index in [1.165, 1.54) is 25.5 Å². The van der Waals surface area contributed by atoms with Crippen LogP contribution in [0.2, 0.25) is 0 Å². The van der Waals surface area contributed by atoms with Gasteiger partial charge in [0.05, 0.1) is 6.20 Å². The first-order chi connectivity index (χ1) is 9.19. The fourth-order valence-electron chi connectivity index (χ4n) is 2.54. The van der Waals surface area contributed by atoms with E-state index in [1.54, 1.807) is 0 Å². The third kappa shape index (κ3) is 4.04. The molecular formula is C14H23FN4. The van der Waals surface area contributed by atoms with Gasteiger partial charge in [-0.1, -0.05) is 19.8 Å². The second kappa shape index (κ2) is 6.68. The lowest BCUT2D eigenvalue weighted by Crippen LogP contribution is -2.20. The molecule has 106 valence electrons. The molecule has 2 rings (SSSR count). The van der Waals surface area contributed by atoms with E-state index in [4.69, 9.17) is 0 Å². The van der Waals surface area contributed by atoms with Crippen LogP contribution in [-0.4, -0.2) is 22.6 Å². The van der Waals surface area contributed by atoms with Gasteiger partial charge in [0.15, 0.2) is 11.6 Å². The van der Waals surface area contributed by atoms with Crippen LogP contribution in [0.3, 0.4) is 0 Å². The zero-order chi connectivity index (χ0) is 13.7. The number of anilines is 2. The lowest BCUT2D eigenvalue weighted by atomic mass is 10.0. The number of nitrogens with zero attached hydrogens (tertiary/aromatic N) is 2. The minimum absolute atomic E-state index is 0.323. The maximum Gasteiger partial charge on any atom is 0.224 e. The number of hydrogen-bond acceptors (Lipinski definition) is 4. The van der Waals surface area contributed by atoms with Crippen molar-refractivity contribution in [3.05, 3.63) is 12.0 Å². The first-order valence-corrected chi connectivity index (χ1v) is 7.22. The van der Waals surface area contributed by atoms with E-state index < -0.39 is 0 Å². The van der Waals surface area contributed by atoms with Crippen molar-refractivity contribution < 1.29 is 4.39 Å². The highest BCUT2D eigenvalue weighted by Gasteiger charge is 2.18. The van der Waals surface area contributed by atoms with Crippen molar-refractivity contribution in [3.63, 3.8) is 0 Å². The molecule has 0 spiro atoms. The van der Waals surface area contributed by atoms with Crippen LogP contribution >= 0.6 is 0 Å². The molecule has 4 nitrogen and oxygen atoms in total. The molecule has 1 aromatic heterocycles. The van der Waals surface area contributed by atoms with Crippen molar-refractivity contribution in [2.45, 2.75) is 52.0 Å². The summed E-state index contributed by atoms with van der Waals surface area (Å²) in [6, 6.07) is 0.323. The van der Waals surface area contributed by atoms with Crippen LogP contribution in [0.15, 0.2) is 6.20 Å². The van der Waals surface area contributed by atoms with E-state index in [0.717, 1.165) is 25.3 Å². The standard InChI is InChI=1S/C14H23FN4/c1-3-16-14-17-9-12(15)13(19-14)18-11-6-4-5-10(2)7-8-11/h9-11H,3-8H2,1-2H3,(H2,16,17,18,19). The molecule has 1 heterocycles. The Labute approximate surface area is 114 Å². The lowest BCUT2D eigenvalue weighted by Gasteiger charge is -2.17. The van der Waals surface area contributed by atoms with Gasteiger partial charge in [-0.05, 0) is 32.1 Å². The van der Waals surface area contributed by atoms with Crippen molar-refractivity contribution in [3.8, 4) is 0 Å². The summed E-state index contributed by atoms with van der Waals surface area (Å²) in [4.78, 5) is 8.11. The van der Waals surface area contributed by atoms with Gasteiger partial charge in [-0.25, -0.2) is 9.37 Å². The number of aromatic nitrogens is 2. The minimum atomic E-state index is -0.376. The van der Waals surface area contributed by atoms with Crippen LogP contribution in [0, 0.1) is 11.7 Å². The van der Waals surface area contributed by atoms with Crippen LogP contribution in [0.5, 0.6) is 0 Å². The van der Waals surface area contributed by atoms with Gasteiger partial charge < -0.3 is 10.6 Å². The highest BCUT2D eigenvalue weighted by Crippen LogP contribution is 2.25. The van der Waals surface area contributed by atoms with Crippen molar-refractivity contribution >= 4 is 11.8 Å². The molecule has 2 N–H and O–H groups in total. The van der Waals surface area contributed by atoms with Crippen molar-refractivity contribution in [2.75, 3.05) is 17.2 Å². The third-order valence-corrected chi connectivity index (χ3v) is 3.68. The fourth-order valence-corrected chi connectivity index (χ4v) is 2.54. The van der Waals surface area contributed by atoms with Crippen LogP contribution in [-0.2, 0) is 0 Å². The molecule has 2 atom stereocenters. The molecule has 1 aromatic rings. The van der Waals surface area contributed by atoms with Gasteiger partial charge in [0.1, 0.15) is 0 Å².